The molecule has 7 heteroatoms. The van der Waals surface area contributed by atoms with Crippen LogP contribution in [0.5, 0.6) is 0 Å². The van der Waals surface area contributed by atoms with Crippen LogP contribution in [0.2, 0.25) is 5.02 Å². The van der Waals surface area contributed by atoms with Crippen molar-refractivity contribution in [1.29, 1.82) is 0 Å². The summed E-state index contributed by atoms with van der Waals surface area (Å²) in [4.78, 5) is 13.0. The highest BCUT2D eigenvalue weighted by Crippen LogP contribution is 2.42. The molecule has 0 radical (unpaired) electrons. The van der Waals surface area contributed by atoms with Gasteiger partial charge in [-0.05, 0) is 48.9 Å². The number of rotatable bonds is 2. The van der Waals surface area contributed by atoms with E-state index in [1.165, 1.54) is 11.4 Å². The van der Waals surface area contributed by atoms with Crippen molar-refractivity contribution in [3.05, 3.63) is 76.8 Å². The molecule has 1 aliphatic rings. The van der Waals surface area contributed by atoms with Gasteiger partial charge in [-0.1, -0.05) is 35.9 Å². The predicted octanol–water partition coefficient (Wildman–Crippen LogP) is 4.71. The molecule has 3 aromatic rings. The van der Waals surface area contributed by atoms with Crippen molar-refractivity contribution in [3.63, 3.8) is 0 Å². The molecule has 1 aliphatic heterocycles. The van der Waals surface area contributed by atoms with Gasteiger partial charge in [0.15, 0.2) is 0 Å². The number of halogens is 1. The van der Waals surface area contributed by atoms with Gasteiger partial charge in [0, 0.05) is 34.4 Å². The molecule has 4 rings (SSSR count). The van der Waals surface area contributed by atoms with Gasteiger partial charge in [-0.3, -0.25) is 9.10 Å². The second-order valence-corrected chi connectivity index (χ2v) is 8.91. The van der Waals surface area contributed by atoms with Gasteiger partial charge in [0.1, 0.15) is 0 Å². The van der Waals surface area contributed by atoms with Crippen LogP contribution in [-0.4, -0.2) is 21.4 Å². The van der Waals surface area contributed by atoms with Crippen LogP contribution in [0, 0.1) is 6.92 Å². The molecule has 0 saturated heterocycles. The average Bonchev–Trinajstić information content (AvgIpc) is 2.69. The molecule has 0 aromatic heterocycles. The summed E-state index contributed by atoms with van der Waals surface area (Å²) < 4.78 is 26.7. The molecule has 3 aromatic carbocycles. The third-order valence-electron chi connectivity index (χ3n) is 4.93. The Morgan fingerprint density at radius 1 is 1.00 bits per heavy atom. The molecule has 0 bridgehead atoms. The normalized spacial score (nSPS) is 14.2. The smallest absolute Gasteiger partial charge is 0.264 e. The van der Waals surface area contributed by atoms with Crippen molar-refractivity contribution in [2.24, 2.45) is 0 Å². The highest BCUT2D eigenvalue weighted by molar-refractivity contribution is 7.93. The Bertz CT molecular complexity index is 1220. The second kappa shape index (κ2) is 6.65. The fourth-order valence-corrected chi connectivity index (χ4v) is 4.89. The average molecular weight is 413 g/mol. The maximum atomic E-state index is 12.8. The zero-order chi connectivity index (χ0) is 20.1. The molecule has 1 N–H and O–H groups in total. The number of carbonyl (C=O) groups is 1. The van der Waals surface area contributed by atoms with Crippen LogP contribution < -0.4 is 9.62 Å². The van der Waals surface area contributed by atoms with E-state index in [2.05, 4.69) is 5.32 Å². The quantitative estimate of drug-likeness (QED) is 0.663. The van der Waals surface area contributed by atoms with Crippen LogP contribution in [-0.2, 0) is 10.0 Å². The van der Waals surface area contributed by atoms with Crippen LogP contribution >= 0.6 is 11.6 Å². The lowest BCUT2D eigenvalue weighted by Gasteiger charge is -2.29. The molecule has 0 fully saturated rings. The van der Waals surface area contributed by atoms with Crippen LogP contribution in [0.1, 0.15) is 15.9 Å². The van der Waals surface area contributed by atoms with Gasteiger partial charge in [-0.15, -0.1) is 0 Å². The van der Waals surface area contributed by atoms with E-state index in [9.17, 15) is 13.2 Å². The van der Waals surface area contributed by atoms with Gasteiger partial charge in [0.25, 0.3) is 15.9 Å². The second-order valence-electron chi connectivity index (χ2n) is 6.57. The molecule has 1 amide bonds. The Labute approximate surface area is 168 Å². The Balaban J connectivity index is 1.78. The first-order valence-electron chi connectivity index (χ1n) is 8.59. The number of nitrogens with one attached hydrogen (secondary N) is 1. The number of amides is 1. The third kappa shape index (κ3) is 2.85. The number of hydrogen-bond acceptors (Lipinski definition) is 3. The van der Waals surface area contributed by atoms with Crippen LogP contribution in [0.3, 0.4) is 0 Å². The van der Waals surface area contributed by atoms with Crippen molar-refractivity contribution in [2.45, 2.75) is 11.8 Å². The maximum Gasteiger partial charge on any atom is 0.264 e. The number of fused-ring (bicyclic) bond motifs is 3. The van der Waals surface area contributed by atoms with Crippen molar-refractivity contribution in [2.75, 3.05) is 16.7 Å². The van der Waals surface area contributed by atoms with Gasteiger partial charge < -0.3 is 5.32 Å². The zero-order valence-corrected chi connectivity index (χ0v) is 16.8. The number of hydrogen-bond donors (Lipinski definition) is 1. The lowest BCUT2D eigenvalue weighted by molar-refractivity contribution is 0.102. The van der Waals surface area contributed by atoms with E-state index in [-0.39, 0.29) is 10.8 Å². The van der Waals surface area contributed by atoms with Gasteiger partial charge in [0.2, 0.25) is 0 Å². The van der Waals surface area contributed by atoms with Crippen molar-refractivity contribution < 1.29 is 13.2 Å². The topological polar surface area (TPSA) is 66.5 Å². The van der Waals surface area contributed by atoms with Crippen molar-refractivity contribution in [3.8, 4) is 11.1 Å². The van der Waals surface area contributed by atoms with Gasteiger partial charge in [-0.25, -0.2) is 8.42 Å². The molecular formula is C21H17ClN2O3S. The summed E-state index contributed by atoms with van der Waals surface area (Å²) in [5, 5.41) is 3.44. The van der Waals surface area contributed by atoms with E-state index in [1.54, 1.807) is 60.7 Å². The summed E-state index contributed by atoms with van der Waals surface area (Å²) in [5.41, 5.74) is 3.67. The summed E-state index contributed by atoms with van der Waals surface area (Å²) in [7, 11) is -2.10. The third-order valence-corrected chi connectivity index (χ3v) is 7.17. The number of sulfonamides is 1. The van der Waals surface area contributed by atoms with Gasteiger partial charge in [0.05, 0.1) is 10.6 Å². The van der Waals surface area contributed by atoms with Crippen molar-refractivity contribution >= 4 is 38.9 Å². The Kier molecular flexibility index (Phi) is 4.40. The fourth-order valence-electron chi connectivity index (χ4n) is 3.30. The fraction of sp³-hybridized carbons (Fsp3) is 0.0952. The van der Waals surface area contributed by atoms with E-state index < -0.39 is 10.0 Å². The maximum absolute atomic E-state index is 12.8. The summed E-state index contributed by atoms with van der Waals surface area (Å²) in [5.74, 6) is -0.290. The number of benzene rings is 3. The summed E-state index contributed by atoms with van der Waals surface area (Å²) in [6.07, 6.45) is 0. The van der Waals surface area contributed by atoms with Crippen LogP contribution in [0.25, 0.3) is 11.1 Å². The first-order chi connectivity index (χ1) is 13.3. The minimum Gasteiger partial charge on any atom is -0.322 e. The Morgan fingerprint density at radius 3 is 2.54 bits per heavy atom. The van der Waals surface area contributed by atoms with E-state index in [0.717, 1.165) is 5.56 Å². The number of anilines is 2. The summed E-state index contributed by atoms with van der Waals surface area (Å²) in [6.45, 7) is 1.83. The van der Waals surface area contributed by atoms with Crippen LogP contribution in [0.4, 0.5) is 11.4 Å². The summed E-state index contributed by atoms with van der Waals surface area (Å²) >= 11 is 6.12. The molecule has 1 heterocycles. The molecule has 5 nitrogen and oxygen atoms in total. The summed E-state index contributed by atoms with van der Waals surface area (Å²) in [6, 6.07) is 17.1. The molecule has 0 atom stereocenters. The Morgan fingerprint density at radius 2 is 1.75 bits per heavy atom. The van der Waals surface area contributed by atoms with E-state index in [0.29, 0.717) is 33.1 Å². The first-order valence-corrected chi connectivity index (χ1v) is 10.4. The minimum absolute atomic E-state index is 0.230. The number of carbonyl (C=O) groups excluding carboxylic acids is 1. The molecule has 28 heavy (non-hydrogen) atoms. The van der Waals surface area contributed by atoms with E-state index in [4.69, 9.17) is 11.6 Å². The molecule has 142 valence electrons. The lowest BCUT2D eigenvalue weighted by Crippen LogP contribution is -2.30. The van der Waals surface area contributed by atoms with Gasteiger partial charge >= 0.3 is 0 Å². The highest BCUT2D eigenvalue weighted by Gasteiger charge is 2.32. The standard InChI is InChI=1S/C21H17ClN2O3S/c1-13-17(22)7-5-8-18(13)23-21(25)14-10-11-19-16(12-14)15-6-3-4-9-20(15)28(26,27)24(19)2/h3-12H,1-2H3,(H,23,25). The lowest BCUT2D eigenvalue weighted by atomic mass is 10.00. The van der Waals surface area contributed by atoms with Crippen LogP contribution in [0.15, 0.2) is 65.6 Å². The Hall–Kier alpha value is -2.83. The molecular weight excluding hydrogens is 396 g/mol. The molecule has 0 saturated carbocycles. The molecule has 0 aliphatic carbocycles. The highest BCUT2D eigenvalue weighted by atomic mass is 35.5. The van der Waals surface area contributed by atoms with E-state index in [1.807, 2.05) is 6.92 Å². The molecule has 0 unspecified atom stereocenters. The number of nitrogens with zero attached hydrogens (tertiary/aromatic N) is 1. The predicted molar refractivity (Wildman–Crippen MR) is 112 cm³/mol. The van der Waals surface area contributed by atoms with Crippen molar-refractivity contribution in [1.82, 2.24) is 0 Å². The largest absolute Gasteiger partial charge is 0.322 e. The van der Waals surface area contributed by atoms with Gasteiger partial charge in [-0.2, -0.15) is 0 Å². The molecule has 0 spiro atoms. The SMILES string of the molecule is Cc1c(Cl)cccc1NC(=O)c1ccc2c(c1)-c1ccccc1S(=O)(=O)N2C. The minimum atomic E-state index is -3.61. The van der Waals surface area contributed by atoms with E-state index >= 15 is 0 Å². The first kappa shape index (κ1) is 18.5. The monoisotopic (exact) mass is 412 g/mol. The zero-order valence-electron chi connectivity index (χ0n) is 15.2.